The molecule has 1 aliphatic rings. The van der Waals surface area contributed by atoms with E-state index < -0.39 is 0 Å². The summed E-state index contributed by atoms with van der Waals surface area (Å²) >= 11 is 5.95. The van der Waals surface area contributed by atoms with E-state index in [1.165, 1.54) is 0 Å². The summed E-state index contributed by atoms with van der Waals surface area (Å²) < 4.78 is 5.38. The molecule has 1 fully saturated rings. The smallest absolute Gasteiger partial charge is 0.253 e. The number of halogens is 1. The maximum atomic E-state index is 12.6. The van der Waals surface area contributed by atoms with Crippen molar-refractivity contribution in [3.05, 3.63) is 53.1 Å². The molecule has 0 bridgehead atoms. The first kappa shape index (κ1) is 16.8. The highest BCUT2D eigenvalue weighted by Crippen LogP contribution is 2.29. The maximum absolute atomic E-state index is 12.6. The van der Waals surface area contributed by atoms with Crippen LogP contribution in [-0.2, 0) is 4.74 Å². The second-order valence-electron chi connectivity index (χ2n) is 5.99. The van der Waals surface area contributed by atoms with Crippen molar-refractivity contribution in [1.82, 2.24) is 4.90 Å². The number of methoxy groups -OCH3 is 1. The van der Waals surface area contributed by atoms with Crippen molar-refractivity contribution in [2.75, 3.05) is 20.2 Å². The van der Waals surface area contributed by atoms with E-state index >= 15 is 0 Å². The SMILES string of the molecule is COC1CCCN(C(=O)c2ccc(-c3ccc(O)c(Cl)c3)cc2)C1. The minimum absolute atomic E-state index is 0.0343. The quantitative estimate of drug-likeness (QED) is 0.915. The number of nitrogens with zero attached hydrogens (tertiary/aromatic N) is 1. The Bertz CT molecular complexity index is 730. The first-order valence-electron chi connectivity index (χ1n) is 7.99. The number of phenolic OH excluding ortho intramolecular Hbond substituents is 1. The molecule has 1 saturated heterocycles. The van der Waals surface area contributed by atoms with Gasteiger partial charge < -0.3 is 14.7 Å². The van der Waals surface area contributed by atoms with Crippen LogP contribution in [0.5, 0.6) is 5.75 Å². The normalized spacial score (nSPS) is 17.8. The fourth-order valence-electron chi connectivity index (χ4n) is 2.99. The second kappa shape index (κ2) is 7.24. The Morgan fingerprint density at radius 3 is 2.58 bits per heavy atom. The number of likely N-dealkylation sites (tertiary alicyclic amines) is 1. The highest BCUT2D eigenvalue weighted by atomic mass is 35.5. The zero-order valence-corrected chi connectivity index (χ0v) is 14.3. The van der Waals surface area contributed by atoms with Crippen LogP contribution in [0.1, 0.15) is 23.2 Å². The summed E-state index contributed by atoms with van der Waals surface area (Å²) in [6, 6.07) is 12.5. The van der Waals surface area contributed by atoms with Crippen LogP contribution in [-0.4, -0.2) is 42.2 Å². The van der Waals surface area contributed by atoms with Crippen LogP contribution in [0.3, 0.4) is 0 Å². The molecule has 0 saturated carbocycles. The van der Waals surface area contributed by atoms with Crippen LogP contribution >= 0.6 is 11.6 Å². The lowest BCUT2D eigenvalue weighted by Gasteiger charge is -2.32. The van der Waals surface area contributed by atoms with Gasteiger partial charge in [-0.1, -0.05) is 29.8 Å². The summed E-state index contributed by atoms with van der Waals surface area (Å²) in [6.07, 6.45) is 2.09. The molecule has 1 atom stereocenters. The molecule has 3 rings (SSSR count). The molecule has 1 aliphatic heterocycles. The first-order chi connectivity index (χ1) is 11.6. The van der Waals surface area contributed by atoms with Gasteiger partial charge in [0.15, 0.2) is 0 Å². The molecule has 0 aliphatic carbocycles. The molecule has 1 heterocycles. The third-order valence-corrected chi connectivity index (χ3v) is 4.71. The van der Waals surface area contributed by atoms with E-state index in [2.05, 4.69) is 0 Å². The number of rotatable bonds is 3. The molecule has 1 N–H and O–H groups in total. The second-order valence-corrected chi connectivity index (χ2v) is 6.40. The van der Waals surface area contributed by atoms with Crippen molar-refractivity contribution in [2.24, 2.45) is 0 Å². The Kier molecular flexibility index (Phi) is 5.07. The highest BCUT2D eigenvalue weighted by molar-refractivity contribution is 6.32. The number of benzene rings is 2. The van der Waals surface area contributed by atoms with E-state index in [1.807, 2.05) is 29.2 Å². The third kappa shape index (κ3) is 3.55. The van der Waals surface area contributed by atoms with E-state index in [0.717, 1.165) is 30.5 Å². The average molecular weight is 346 g/mol. The topological polar surface area (TPSA) is 49.8 Å². The number of hydrogen-bond donors (Lipinski definition) is 1. The zero-order valence-electron chi connectivity index (χ0n) is 13.5. The Morgan fingerprint density at radius 2 is 1.92 bits per heavy atom. The summed E-state index contributed by atoms with van der Waals surface area (Å²) in [5, 5.41) is 9.81. The largest absolute Gasteiger partial charge is 0.506 e. The third-order valence-electron chi connectivity index (χ3n) is 4.41. The van der Waals surface area contributed by atoms with Crippen LogP contribution in [0.25, 0.3) is 11.1 Å². The van der Waals surface area contributed by atoms with Crippen molar-refractivity contribution in [1.29, 1.82) is 0 Å². The minimum atomic E-state index is 0.0343. The van der Waals surface area contributed by atoms with Crippen LogP contribution < -0.4 is 0 Å². The zero-order chi connectivity index (χ0) is 17.1. The van der Waals surface area contributed by atoms with Gasteiger partial charge in [-0.15, -0.1) is 0 Å². The van der Waals surface area contributed by atoms with Crippen molar-refractivity contribution < 1.29 is 14.6 Å². The van der Waals surface area contributed by atoms with Gasteiger partial charge >= 0.3 is 0 Å². The molecule has 0 radical (unpaired) electrons. The Balaban J connectivity index is 1.76. The molecular formula is C19H20ClNO3. The van der Waals surface area contributed by atoms with Crippen LogP contribution in [0.15, 0.2) is 42.5 Å². The molecule has 2 aromatic rings. The number of phenols is 1. The van der Waals surface area contributed by atoms with Gasteiger partial charge in [0.05, 0.1) is 11.1 Å². The molecule has 126 valence electrons. The molecule has 2 aromatic carbocycles. The van der Waals surface area contributed by atoms with Gasteiger partial charge in [0, 0.05) is 25.8 Å². The number of amides is 1. The van der Waals surface area contributed by atoms with Gasteiger partial charge in [-0.3, -0.25) is 4.79 Å². The van der Waals surface area contributed by atoms with E-state index in [-0.39, 0.29) is 17.8 Å². The Labute approximate surface area is 146 Å². The summed E-state index contributed by atoms with van der Waals surface area (Å²) in [7, 11) is 1.69. The number of aromatic hydroxyl groups is 1. The van der Waals surface area contributed by atoms with Crippen LogP contribution in [0.4, 0.5) is 0 Å². The van der Waals surface area contributed by atoms with Gasteiger partial charge in [-0.2, -0.15) is 0 Å². The van der Waals surface area contributed by atoms with E-state index in [9.17, 15) is 9.90 Å². The van der Waals surface area contributed by atoms with Crippen molar-refractivity contribution >= 4 is 17.5 Å². The number of ether oxygens (including phenoxy) is 1. The molecule has 0 spiro atoms. The lowest BCUT2D eigenvalue weighted by molar-refractivity contribution is 0.0269. The monoisotopic (exact) mass is 345 g/mol. The lowest BCUT2D eigenvalue weighted by atomic mass is 10.0. The predicted octanol–water partition coefficient (Wildman–Crippen LogP) is 3.96. The van der Waals surface area contributed by atoms with E-state index in [1.54, 1.807) is 25.3 Å². The maximum Gasteiger partial charge on any atom is 0.253 e. The standard InChI is InChI=1S/C19H20ClNO3/c1-24-16-3-2-10-21(12-16)19(23)14-6-4-13(5-7-14)15-8-9-18(22)17(20)11-15/h4-9,11,16,22H,2-3,10,12H2,1H3. The van der Waals surface area contributed by atoms with E-state index in [4.69, 9.17) is 16.3 Å². The van der Waals surface area contributed by atoms with Crippen LogP contribution in [0, 0.1) is 0 Å². The van der Waals surface area contributed by atoms with Crippen molar-refractivity contribution in [3.63, 3.8) is 0 Å². The number of carbonyl (C=O) groups excluding carboxylic acids is 1. The summed E-state index contributed by atoms with van der Waals surface area (Å²) in [6.45, 7) is 1.42. The molecular weight excluding hydrogens is 326 g/mol. The lowest BCUT2D eigenvalue weighted by Crippen LogP contribution is -2.42. The summed E-state index contributed by atoms with van der Waals surface area (Å²) in [5.41, 5.74) is 2.51. The highest BCUT2D eigenvalue weighted by Gasteiger charge is 2.24. The van der Waals surface area contributed by atoms with Gasteiger partial charge in [0.25, 0.3) is 5.91 Å². The van der Waals surface area contributed by atoms with Crippen LogP contribution in [0.2, 0.25) is 5.02 Å². The molecule has 1 amide bonds. The van der Waals surface area contributed by atoms with Crippen molar-refractivity contribution in [2.45, 2.75) is 18.9 Å². The van der Waals surface area contributed by atoms with Gasteiger partial charge in [-0.25, -0.2) is 0 Å². The molecule has 24 heavy (non-hydrogen) atoms. The van der Waals surface area contributed by atoms with E-state index in [0.29, 0.717) is 17.1 Å². The Hall–Kier alpha value is -2.04. The summed E-state index contributed by atoms with van der Waals surface area (Å²) in [5.74, 6) is 0.0945. The van der Waals surface area contributed by atoms with Gasteiger partial charge in [-0.05, 0) is 48.2 Å². The molecule has 5 heteroatoms. The molecule has 1 unspecified atom stereocenters. The summed E-state index contributed by atoms with van der Waals surface area (Å²) in [4.78, 5) is 14.5. The Morgan fingerprint density at radius 1 is 1.21 bits per heavy atom. The van der Waals surface area contributed by atoms with Gasteiger partial charge in [0.1, 0.15) is 5.75 Å². The molecule has 0 aromatic heterocycles. The fraction of sp³-hybridized carbons (Fsp3) is 0.316. The number of piperidine rings is 1. The fourth-order valence-corrected chi connectivity index (χ4v) is 3.17. The number of hydrogen-bond acceptors (Lipinski definition) is 3. The number of carbonyl (C=O) groups is 1. The van der Waals surface area contributed by atoms with Crippen molar-refractivity contribution in [3.8, 4) is 16.9 Å². The minimum Gasteiger partial charge on any atom is -0.506 e. The average Bonchev–Trinajstić information content (AvgIpc) is 2.63. The van der Waals surface area contributed by atoms with Gasteiger partial charge in [0.2, 0.25) is 0 Å². The first-order valence-corrected chi connectivity index (χ1v) is 8.37. The predicted molar refractivity (Wildman–Crippen MR) is 94.5 cm³/mol. The molecule has 4 nitrogen and oxygen atoms in total.